The molecule has 4 atom stereocenters. The Bertz CT molecular complexity index is 861. The molecule has 132 valence electrons. The molecular weight excluding hydrogens is 351 g/mol. The molecule has 6 N–H and O–H groups in total. The molecule has 13 nitrogen and oxygen atoms in total. The highest BCUT2D eigenvalue weighted by Crippen LogP contribution is 2.48. The largest absolute Gasteiger partial charge is 0.472 e. The number of nitrogens with one attached hydrogen (secondary N) is 1. The van der Waals surface area contributed by atoms with Crippen LogP contribution in [0.5, 0.6) is 0 Å². The van der Waals surface area contributed by atoms with Gasteiger partial charge in [0, 0.05) is 0 Å². The van der Waals surface area contributed by atoms with Crippen molar-refractivity contribution >= 4 is 19.0 Å². The number of phosphoric ester groups is 1. The van der Waals surface area contributed by atoms with Crippen LogP contribution in [0.25, 0.3) is 11.2 Å². The molecule has 3 rings (SSSR count). The summed E-state index contributed by atoms with van der Waals surface area (Å²) in [6.45, 7) is -0.912. The second kappa shape index (κ2) is 5.68. The van der Waals surface area contributed by atoms with Gasteiger partial charge in [0.2, 0.25) is 5.79 Å². The Balaban J connectivity index is 2.05. The van der Waals surface area contributed by atoms with Crippen molar-refractivity contribution < 1.29 is 38.9 Å². The minimum Gasteiger partial charge on any atom is -0.393 e. The fourth-order valence-corrected chi connectivity index (χ4v) is 3.09. The van der Waals surface area contributed by atoms with Crippen molar-refractivity contribution in [1.29, 1.82) is 0 Å². The van der Waals surface area contributed by atoms with Crippen LogP contribution in [0.2, 0.25) is 0 Å². The zero-order valence-corrected chi connectivity index (χ0v) is 12.6. The molecular formula is C10H13N4O9P. The first-order valence-electron chi connectivity index (χ1n) is 6.50. The lowest BCUT2D eigenvalue weighted by Crippen LogP contribution is -2.50. The maximum atomic E-state index is 11.6. The summed E-state index contributed by atoms with van der Waals surface area (Å²) in [7, 11) is -5.22. The molecule has 14 heteroatoms. The van der Waals surface area contributed by atoms with E-state index in [2.05, 4.69) is 19.5 Å². The Morgan fingerprint density at radius 3 is 2.79 bits per heavy atom. The quantitative estimate of drug-likeness (QED) is 0.241. The van der Waals surface area contributed by atoms with Crippen molar-refractivity contribution in [2.24, 2.45) is 0 Å². The van der Waals surface area contributed by atoms with Gasteiger partial charge in [-0.3, -0.25) is 9.36 Å². The van der Waals surface area contributed by atoms with E-state index < -0.39 is 44.2 Å². The number of aliphatic hydroxyl groups is 3. The summed E-state index contributed by atoms with van der Waals surface area (Å²) in [4.78, 5) is 39.4. The van der Waals surface area contributed by atoms with E-state index >= 15 is 0 Å². The Hall–Kier alpha value is -1.70. The normalized spacial score (nSPS) is 31.0. The van der Waals surface area contributed by atoms with Gasteiger partial charge in [-0.05, 0) is 0 Å². The molecule has 0 radical (unpaired) electrons. The highest BCUT2D eigenvalue weighted by Gasteiger charge is 2.60. The van der Waals surface area contributed by atoms with Gasteiger partial charge in [-0.25, -0.2) is 19.1 Å². The number of aromatic amines is 1. The fourth-order valence-electron chi connectivity index (χ4n) is 2.48. The first-order chi connectivity index (χ1) is 11.2. The van der Waals surface area contributed by atoms with Gasteiger partial charge >= 0.3 is 7.82 Å². The number of nitrogens with zero attached hydrogens (tertiary/aromatic N) is 3. The number of phosphoric acid groups is 1. The monoisotopic (exact) mass is 364 g/mol. The molecule has 0 spiro atoms. The van der Waals surface area contributed by atoms with Gasteiger partial charge in [-0.1, -0.05) is 0 Å². The van der Waals surface area contributed by atoms with Crippen molar-refractivity contribution in [1.82, 2.24) is 19.5 Å². The van der Waals surface area contributed by atoms with Crippen molar-refractivity contribution in [2.75, 3.05) is 6.61 Å². The van der Waals surface area contributed by atoms with Crippen molar-refractivity contribution in [3.8, 4) is 0 Å². The summed E-state index contributed by atoms with van der Waals surface area (Å²) in [6, 6.07) is 0. The van der Waals surface area contributed by atoms with Crippen molar-refractivity contribution in [2.45, 2.75) is 24.2 Å². The summed E-state index contributed by atoms with van der Waals surface area (Å²) in [5.41, 5.74) is -0.660. The number of hydrogen-bond acceptors (Lipinski definition) is 9. The highest BCUT2D eigenvalue weighted by molar-refractivity contribution is 7.46. The van der Waals surface area contributed by atoms with E-state index in [-0.39, 0.29) is 11.2 Å². The number of hydrogen-bond donors (Lipinski definition) is 6. The minimum atomic E-state index is -5.22. The standard InChI is InChI=1S/C10H13N4O9P/c15-1-4-10(18,23-24(19,20)21)6(16)9(22-4)14-3-13-5-7(14)11-2-12-8(5)17/h2-4,6,9,15-16,18H,1H2,(H,11,12,17)(H2,19,20,21)/t4-,6-,9-,10+/m1/s1. The Morgan fingerprint density at radius 2 is 2.17 bits per heavy atom. The lowest BCUT2D eigenvalue weighted by atomic mass is 10.1. The van der Waals surface area contributed by atoms with Crippen LogP contribution in [0.15, 0.2) is 17.4 Å². The number of aromatic nitrogens is 4. The molecule has 1 aliphatic heterocycles. The number of imidazole rings is 1. The predicted octanol–water partition coefficient (Wildman–Crippen LogP) is -2.83. The molecule has 0 amide bonds. The second-order valence-electron chi connectivity index (χ2n) is 5.03. The molecule has 0 unspecified atom stereocenters. The fraction of sp³-hybridized carbons (Fsp3) is 0.500. The Labute approximate surface area is 132 Å². The van der Waals surface area contributed by atoms with Gasteiger partial charge in [0.1, 0.15) is 6.10 Å². The van der Waals surface area contributed by atoms with E-state index in [1.165, 1.54) is 0 Å². The highest BCUT2D eigenvalue weighted by atomic mass is 31.2. The van der Waals surface area contributed by atoms with E-state index in [1.54, 1.807) is 0 Å². The van der Waals surface area contributed by atoms with Crippen molar-refractivity contribution in [3.63, 3.8) is 0 Å². The van der Waals surface area contributed by atoms with Crippen LogP contribution in [-0.2, 0) is 13.8 Å². The van der Waals surface area contributed by atoms with E-state index in [0.717, 1.165) is 17.2 Å². The molecule has 2 aromatic heterocycles. The summed E-state index contributed by atoms with van der Waals surface area (Å²) in [5, 5.41) is 29.8. The number of ether oxygens (including phenoxy) is 1. The van der Waals surface area contributed by atoms with Crippen LogP contribution in [0.1, 0.15) is 6.23 Å². The maximum absolute atomic E-state index is 11.6. The van der Waals surface area contributed by atoms with Crippen LogP contribution in [0.4, 0.5) is 0 Å². The third kappa shape index (κ3) is 2.66. The molecule has 0 bridgehead atoms. The van der Waals surface area contributed by atoms with Gasteiger partial charge in [0.25, 0.3) is 5.56 Å². The smallest absolute Gasteiger partial charge is 0.393 e. The lowest BCUT2D eigenvalue weighted by Gasteiger charge is -2.29. The number of H-pyrrole nitrogens is 1. The van der Waals surface area contributed by atoms with Crippen LogP contribution >= 0.6 is 7.82 Å². The van der Waals surface area contributed by atoms with Crippen LogP contribution in [-0.4, -0.2) is 69.2 Å². The molecule has 0 aliphatic carbocycles. The minimum absolute atomic E-state index is 0.0140. The SMILES string of the molecule is O=c1[nH]cnc2c1ncn2[C@@H]1O[C@H](CO)[C@](O)(OP(=O)(O)O)[C@@H]1O. The molecule has 0 aromatic carbocycles. The third-order valence-corrected chi connectivity index (χ3v) is 4.06. The summed E-state index contributed by atoms with van der Waals surface area (Å²) in [6.07, 6.45) is -3.02. The van der Waals surface area contributed by atoms with Gasteiger partial charge in [-0.15, -0.1) is 0 Å². The first-order valence-corrected chi connectivity index (χ1v) is 8.03. The zero-order valence-electron chi connectivity index (χ0n) is 11.8. The molecule has 0 saturated carbocycles. The average molecular weight is 364 g/mol. The Kier molecular flexibility index (Phi) is 4.06. The topological polar surface area (TPSA) is 200 Å². The van der Waals surface area contributed by atoms with Crippen molar-refractivity contribution in [3.05, 3.63) is 23.0 Å². The molecule has 24 heavy (non-hydrogen) atoms. The van der Waals surface area contributed by atoms with Crippen LogP contribution < -0.4 is 5.56 Å². The van der Waals surface area contributed by atoms with E-state index in [1.807, 2.05) is 0 Å². The van der Waals surface area contributed by atoms with E-state index in [4.69, 9.17) is 14.5 Å². The van der Waals surface area contributed by atoms with Gasteiger partial charge < -0.3 is 34.8 Å². The van der Waals surface area contributed by atoms with Gasteiger partial charge in [0.05, 0.1) is 19.3 Å². The van der Waals surface area contributed by atoms with Crippen LogP contribution in [0.3, 0.4) is 0 Å². The van der Waals surface area contributed by atoms with Crippen LogP contribution in [0, 0.1) is 0 Å². The third-order valence-electron chi connectivity index (χ3n) is 3.53. The average Bonchev–Trinajstić information content (AvgIpc) is 2.99. The predicted molar refractivity (Wildman–Crippen MR) is 73.2 cm³/mol. The summed E-state index contributed by atoms with van der Waals surface area (Å²) < 4.78 is 21.6. The lowest BCUT2D eigenvalue weighted by molar-refractivity contribution is -0.224. The number of aliphatic hydroxyl groups excluding tert-OH is 2. The molecule has 3 heterocycles. The molecule has 1 fully saturated rings. The Morgan fingerprint density at radius 1 is 1.46 bits per heavy atom. The summed E-state index contributed by atoms with van der Waals surface area (Å²) in [5.74, 6) is -2.89. The van der Waals surface area contributed by atoms with E-state index in [0.29, 0.717) is 0 Å². The van der Waals surface area contributed by atoms with Gasteiger partial charge in [-0.2, -0.15) is 0 Å². The zero-order chi connectivity index (χ0) is 17.7. The molecule has 1 aliphatic rings. The number of rotatable bonds is 4. The summed E-state index contributed by atoms with van der Waals surface area (Å²) >= 11 is 0. The van der Waals surface area contributed by atoms with Gasteiger partial charge in [0.15, 0.2) is 23.5 Å². The maximum Gasteiger partial charge on any atom is 0.472 e. The second-order valence-corrected chi connectivity index (χ2v) is 6.20. The number of fused-ring (bicyclic) bond motifs is 1. The van der Waals surface area contributed by atoms with E-state index in [9.17, 15) is 24.7 Å². The molecule has 2 aromatic rings. The molecule has 1 saturated heterocycles. The first kappa shape index (κ1) is 17.1.